The number of rotatable bonds is 4. The average Bonchev–Trinajstić information content (AvgIpc) is 3.70. The van der Waals surface area contributed by atoms with E-state index in [-0.39, 0.29) is 0 Å². The number of benzene rings is 6. The summed E-state index contributed by atoms with van der Waals surface area (Å²) in [6.07, 6.45) is 0. The Morgan fingerprint density at radius 1 is 0.500 bits per heavy atom. The predicted molar refractivity (Wildman–Crippen MR) is 183 cm³/mol. The molecule has 3 heterocycles. The van der Waals surface area contributed by atoms with Crippen LogP contribution in [0.5, 0.6) is 0 Å². The van der Waals surface area contributed by atoms with Gasteiger partial charge < -0.3 is 8.83 Å². The molecule has 0 unspecified atom stereocenters. The molecule has 0 aliphatic carbocycles. The van der Waals surface area contributed by atoms with Crippen molar-refractivity contribution >= 4 is 44.0 Å². The Balaban J connectivity index is 1.38. The highest BCUT2D eigenvalue weighted by Gasteiger charge is 2.22. The highest BCUT2D eigenvalue weighted by molar-refractivity contribution is 6.17. The van der Waals surface area contributed by atoms with E-state index >= 15 is 0 Å². The lowest BCUT2D eigenvalue weighted by Crippen LogP contribution is -1.95. The number of fused-ring (bicyclic) bond motifs is 6. The molecule has 0 atom stereocenters. The van der Waals surface area contributed by atoms with Gasteiger partial charge in [0.05, 0.1) is 11.6 Å². The Labute approximate surface area is 263 Å². The quantitative estimate of drug-likeness (QED) is 0.204. The minimum absolute atomic E-state index is 0.548. The molecule has 0 saturated heterocycles. The van der Waals surface area contributed by atoms with Crippen LogP contribution >= 0.6 is 0 Å². The molecule has 0 saturated carbocycles. The van der Waals surface area contributed by atoms with Crippen LogP contribution in [-0.4, -0.2) is 9.97 Å². The van der Waals surface area contributed by atoms with Crippen molar-refractivity contribution in [2.75, 3.05) is 0 Å². The Morgan fingerprint density at radius 3 is 2.02 bits per heavy atom. The van der Waals surface area contributed by atoms with E-state index in [1.165, 1.54) is 0 Å². The molecule has 0 fully saturated rings. The molecule has 0 radical (unpaired) electrons. The van der Waals surface area contributed by atoms with Gasteiger partial charge >= 0.3 is 0 Å². The molecule has 0 amide bonds. The standard InChI is InChI=1S/C41H23N3O2/c42-24-25-11-9-16-28(21-25)37-40-38(30-17-7-8-19-34(30)45-40)44-41(43-37)31-18-10-20-35-36(31)33-23-29(26-12-3-1-4-13-26)22-32(39(33)46-35)27-14-5-2-6-15-27/h1-23H. The first-order valence-electron chi connectivity index (χ1n) is 15.1. The molecule has 46 heavy (non-hydrogen) atoms. The fraction of sp³-hybridized carbons (Fsp3) is 0. The van der Waals surface area contributed by atoms with Crippen LogP contribution in [0, 0.1) is 11.3 Å². The van der Waals surface area contributed by atoms with Gasteiger partial charge in [0.25, 0.3) is 0 Å². The first-order chi connectivity index (χ1) is 22.7. The third-order valence-electron chi connectivity index (χ3n) is 8.51. The zero-order valence-electron chi connectivity index (χ0n) is 24.4. The van der Waals surface area contributed by atoms with Crippen LogP contribution in [0.25, 0.3) is 88.9 Å². The van der Waals surface area contributed by atoms with Gasteiger partial charge in [0.2, 0.25) is 0 Å². The lowest BCUT2D eigenvalue weighted by molar-refractivity contribution is 0.667. The maximum absolute atomic E-state index is 9.66. The van der Waals surface area contributed by atoms with E-state index in [1.807, 2.05) is 84.9 Å². The van der Waals surface area contributed by atoms with Crippen LogP contribution in [-0.2, 0) is 0 Å². The summed E-state index contributed by atoms with van der Waals surface area (Å²) in [5.41, 5.74) is 10.7. The largest absolute Gasteiger partial charge is 0.455 e. The Bertz CT molecular complexity index is 2650. The zero-order valence-corrected chi connectivity index (χ0v) is 24.4. The number of hydrogen-bond acceptors (Lipinski definition) is 5. The van der Waals surface area contributed by atoms with Gasteiger partial charge in [0, 0.05) is 32.8 Å². The highest BCUT2D eigenvalue weighted by atomic mass is 16.3. The van der Waals surface area contributed by atoms with E-state index in [9.17, 15) is 5.26 Å². The second-order valence-corrected chi connectivity index (χ2v) is 11.3. The van der Waals surface area contributed by atoms with Gasteiger partial charge in [0.15, 0.2) is 11.4 Å². The summed E-state index contributed by atoms with van der Waals surface area (Å²) in [7, 11) is 0. The van der Waals surface area contributed by atoms with Crippen molar-refractivity contribution in [2.45, 2.75) is 0 Å². The predicted octanol–water partition coefficient (Wildman–Crippen LogP) is 10.8. The third-order valence-corrected chi connectivity index (χ3v) is 8.51. The topological polar surface area (TPSA) is 75.8 Å². The smallest absolute Gasteiger partial charge is 0.180 e. The summed E-state index contributed by atoms with van der Waals surface area (Å²) in [6, 6.07) is 48.7. The van der Waals surface area contributed by atoms with Crippen molar-refractivity contribution in [1.29, 1.82) is 5.26 Å². The van der Waals surface area contributed by atoms with Crippen molar-refractivity contribution < 1.29 is 8.83 Å². The van der Waals surface area contributed by atoms with Crippen LogP contribution in [0.1, 0.15) is 5.56 Å². The van der Waals surface area contributed by atoms with Crippen LogP contribution in [0.4, 0.5) is 0 Å². The number of nitrogens with zero attached hydrogens (tertiary/aromatic N) is 3. The van der Waals surface area contributed by atoms with Crippen molar-refractivity contribution in [2.24, 2.45) is 0 Å². The summed E-state index contributed by atoms with van der Waals surface area (Å²) in [4.78, 5) is 10.3. The summed E-state index contributed by atoms with van der Waals surface area (Å²) in [5.74, 6) is 0.552. The molecule has 6 aromatic carbocycles. The zero-order chi connectivity index (χ0) is 30.6. The summed E-state index contributed by atoms with van der Waals surface area (Å²) in [6.45, 7) is 0. The molecule has 3 aromatic heterocycles. The number of aromatic nitrogens is 2. The monoisotopic (exact) mass is 589 g/mol. The van der Waals surface area contributed by atoms with Gasteiger partial charge in [-0.1, -0.05) is 97.1 Å². The number of furan rings is 2. The Morgan fingerprint density at radius 2 is 1.20 bits per heavy atom. The van der Waals surface area contributed by atoms with Crippen LogP contribution < -0.4 is 0 Å². The van der Waals surface area contributed by atoms with E-state index in [0.717, 1.165) is 71.8 Å². The molecular weight excluding hydrogens is 566 g/mol. The van der Waals surface area contributed by atoms with Crippen LogP contribution in [0.3, 0.4) is 0 Å². The summed E-state index contributed by atoms with van der Waals surface area (Å²) >= 11 is 0. The van der Waals surface area contributed by atoms with Gasteiger partial charge in [-0.15, -0.1) is 0 Å². The molecule has 5 heteroatoms. The minimum Gasteiger partial charge on any atom is -0.455 e. The minimum atomic E-state index is 0.548. The number of nitriles is 1. The van der Waals surface area contributed by atoms with E-state index in [4.69, 9.17) is 18.8 Å². The third kappa shape index (κ3) is 4.09. The van der Waals surface area contributed by atoms with Crippen molar-refractivity contribution in [1.82, 2.24) is 9.97 Å². The van der Waals surface area contributed by atoms with Gasteiger partial charge in [-0.05, 0) is 59.2 Å². The molecular formula is C41H23N3O2. The Hall–Kier alpha value is -6.51. The highest BCUT2D eigenvalue weighted by Crippen LogP contribution is 2.43. The molecule has 9 aromatic rings. The van der Waals surface area contributed by atoms with Crippen molar-refractivity contribution in [3.05, 3.63) is 145 Å². The Kier molecular flexibility index (Phi) is 5.81. The molecule has 5 nitrogen and oxygen atoms in total. The molecule has 0 bridgehead atoms. The molecule has 0 aliphatic rings. The lowest BCUT2D eigenvalue weighted by Gasteiger charge is -2.09. The first kappa shape index (κ1) is 25.9. The van der Waals surface area contributed by atoms with E-state index in [1.54, 1.807) is 6.07 Å². The second kappa shape index (κ2) is 10.3. The van der Waals surface area contributed by atoms with E-state index in [0.29, 0.717) is 22.7 Å². The molecule has 0 aliphatic heterocycles. The molecule has 0 spiro atoms. The molecule has 0 N–H and O–H groups in total. The van der Waals surface area contributed by atoms with Crippen LogP contribution in [0.15, 0.2) is 148 Å². The maximum atomic E-state index is 9.66. The fourth-order valence-corrected chi connectivity index (χ4v) is 6.39. The maximum Gasteiger partial charge on any atom is 0.180 e. The number of para-hydroxylation sites is 1. The molecule has 9 rings (SSSR count). The molecule has 214 valence electrons. The SMILES string of the molecule is N#Cc1cccc(-c2nc(-c3cccc4oc5c(-c6ccccc6)cc(-c6ccccc6)cc5c34)nc3c2oc2ccccc23)c1. The van der Waals surface area contributed by atoms with Crippen molar-refractivity contribution in [3.8, 4) is 51.0 Å². The first-order valence-corrected chi connectivity index (χ1v) is 15.1. The average molecular weight is 590 g/mol. The van der Waals surface area contributed by atoms with Crippen LogP contribution in [0.2, 0.25) is 0 Å². The number of hydrogen-bond donors (Lipinski definition) is 0. The fourth-order valence-electron chi connectivity index (χ4n) is 6.39. The normalized spacial score (nSPS) is 11.5. The van der Waals surface area contributed by atoms with E-state index < -0.39 is 0 Å². The van der Waals surface area contributed by atoms with Gasteiger partial charge in [-0.2, -0.15) is 5.26 Å². The summed E-state index contributed by atoms with van der Waals surface area (Å²) < 4.78 is 13.0. The second-order valence-electron chi connectivity index (χ2n) is 11.3. The van der Waals surface area contributed by atoms with E-state index in [2.05, 4.69) is 54.6 Å². The van der Waals surface area contributed by atoms with Gasteiger partial charge in [-0.25, -0.2) is 9.97 Å². The summed E-state index contributed by atoms with van der Waals surface area (Å²) in [5, 5.41) is 12.5. The van der Waals surface area contributed by atoms with Gasteiger partial charge in [0.1, 0.15) is 28.0 Å². The lowest BCUT2D eigenvalue weighted by atomic mass is 9.95. The van der Waals surface area contributed by atoms with Gasteiger partial charge in [-0.3, -0.25) is 0 Å². The van der Waals surface area contributed by atoms with Crippen molar-refractivity contribution in [3.63, 3.8) is 0 Å².